The third kappa shape index (κ3) is 5.78. The Bertz CT molecular complexity index is 1090. The first kappa shape index (κ1) is 23.8. The Hall–Kier alpha value is -3.31. The highest BCUT2D eigenvalue weighted by Gasteiger charge is 2.34. The molecule has 5 nitrogen and oxygen atoms in total. The van der Waals surface area contributed by atoms with Gasteiger partial charge in [0.2, 0.25) is 5.91 Å². The molecule has 0 bridgehead atoms. The molecule has 3 aromatic rings. The zero-order valence-corrected chi connectivity index (χ0v) is 20.3. The SMILES string of the molecule is Cc1ccc(CC(Nc2ccccc2NC(C)c2ccc(C)cc2)C(=O)N2CC(CO)C2)cc1. The predicted octanol–water partition coefficient (Wildman–Crippen LogP) is 4.95. The van der Waals surface area contributed by atoms with Gasteiger partial charge in [-0.25, -0.2) is 0 Å². The van der Waals surface area contributed by atoms with E-state index in [0.717, 1.165) is 16.9 Å². The number of para-hydroxylation sites is 2. The molecule has 0 aliphatic carbocycles. The summed E-state index contributed by atoms with van der Waals surface area (Å²) in [4.78, 5) is 15.3. The van der Waals surface area contributed by atoms with Crippen LogP contribution in [0.4, 0.5) is 11.4 Å². The largest absolute Gasteiger partial charge is 0.396 e. The minimum Gasteiger partial charge on any atom is -0.396 e. The lowest BCUT2D eigenvalue weighted by molar-refractivity contribution is -0.139. The number of nitrogens with zero attached hydrogens (tertiary/aromatic N) is 1. The Morgan fingerprint density at radius 1 is 0.912 bits per heavy atom. The lowest BCUT2D eigenvalue weighted by atomic mass is 9.97. The molecule has 4 rings (SSSR count). The van der Waals surface area contributed by atoms with Gasteiger partial charge in [-0.05, 0) is 44.0 Å². The lowest BCUT2D eigenvalue weighted by Gasteiger charge is -2.40. The van der Waals surface area contributed by atoms with Gasteiger partial charge in [0.15, 0.2) is 0 Å². The zero-order chi connectivity index (χ0) is 24.1. The summed E-state index contributed by atoms with van der Waals surface area (Å²) in [5, 5.41) is 16.5. The Balaban J connectivity index is 1.53. The Morgan fingerprint density at radius 2 is 1.47 bits per heavy atom. The molecule has 1 heterocycles. The van der Waals surface area contributed by atoms with Crippen LogP contribution in [-0.2, 0) is 11.2 Å². The van der Waals surface area contributed by atoms with E-state index in [9.17, 15) is 9.90 Å². The van der Waals surface area contributed by atoms with E-state index in [0.29, 0.717) is 19.5 Å². The standard InChI is InChI=1S/C29H35N3O2/c1-20-8-12-23(13-9-20)16-28(29(34)32-17-24(18-32)19-33)31-27-7-5-4-6-26(27)30-22(3)25-14-10-21(2)11-15-25/h4-15,22,24,28,30-31,33H,16-19H2,1-3H3. The average Bonchev–Trinajstić information content (AvgIpc) is 2.81. The summed E-state index contributed by atoms with van der Waals surface area (Å²) in [6, 6.07) is 24.7. The first-order valence-corrected chi connectivity index (χ1v) is 12.1. The number of aliphatic hydroxyl groups excluding tert-OH is 1. The Kier molecular flexibility index (Phi) is 7.53. The summed E-state index contributed by atoms with van der Waals surface area (Å²) in [7, 11) is 0. The number of nitrogens with one attached hydrogen (secondary N) is 2. The van der Waals surface area contributed by atoms with Crippen LogP contribution in [0.5, 0.6) is 0 Å². The van der Waals surface area contributed by atoms with Crippen molar-refractivity contribution in [3.8, 4) is 0 Å². The van der Waals surface area contributed by atoms with Gasteiger partial charge >= 0.3 is 0 Å². The van der Waals surface area contributed by atoms with Gasteiger partial charge in [0.05, 0.1) is 11.4 Å². The van der Waals surface area contributed by atoms with E-state index in [4.69, 9.17) is 0 Å². The molecule has 3 aromatic carbocycles. The fourth-order valence-corrected chi connectivity index (χ4v) is 4.34. The molecule has 1 fully saturated rings. The molecule has 1 saturated heterocycles. The van der Waals surface area contributed by atoms with Gasteiger partial charge in [-0.2, -0.15) is 0 Å². The van der Waals surface area contributed by atoms with Crippen LogP contribution in [0.15, 0.2) is 72.8 Å². The third-order valence-electron chi connectivity index (χ3n) is 6.59. The molecule has 0 radical (unpaired) electrons. The van der Waals surface area contributed by atoms with Crippen LogP contribution in [0.25, 0.3) is 0 Å². The number of benzene rings is 3. The van der Waals surface area contributed by atoms with Crippen molar-refractivity contribution < 1.29 is 9.90 Å². The van der Waals surface area contributed by atoms with Gasteiger partial charge in [-0.1, -0.05) is 71.8 Å². The summed E-state index contributed by atoms with van der Waals surface area (Å²) < 4.78 is 0. The maximum Gasteiger partial charge on any atom is 0.245 e. The molecular weight excluding hydrogens is 422 g/mol. The van der Waals surface area contributed by atoms with Crippen molar-refractivity contribution in [3.63, 3.8) is 0 Å². The van der Waals surface area contributed by atoms with Gasteiger partial charge in [0.1, 0.15) is 6.04 Å². The minimum atomic E-state index is -0.389. The normalized spacial score (nSPS) is 15.4. The van der Waals surface area contributed by atoms with Gasteiger partial charge in [-0.15, -0.1) is 0 Å². The quantitative estimate of drug-likeness (QED) is 0.425. The molecule has 1 aliphatic heterocycles. The number of carbonyl (C=O) groups is 1. The van der Waals surface area contributed by atoms with Gasteiger partial charge in [0.25, 0.3) is 0 Å². The van der Waals surface area contributed by atoms with Crippen LogP contribution < -0.4 is 10.6 Å². The van der Waals surface area contributed by atoms with Crippen molar-refractivity contribution in [2.75, 3.05) is 30.3 Å². The zero-order valence-electron chi connectivity index (χ0n) is 20.3. The summed E-state index contributed by atoms with van der Waals surface area (Å²) in [6.45, 7) is 7.66. The first-order valence-electron chi connectivity index (χ1n) is 12.1. The molecule has 0 saturated carbocycles. The number of aryl methyl sites for hydroxylation is 2. The number of hydrogen-bond acceptors (Lipinski definition) is 4. The van der Waals surface area contributed by atoms with E-state index in [2.05, 4.69) is 79.9 Å². The molecule has 1 amide bonds. The van der Waals surface area contributed by atoms with Gasteiger partial charge in [-0.3, -0.25) is 4.79 Å². The van der Waals surface area contributed by atoms with Crippen molar-refractivity contribution >= 4 is 17.3 Å². The summed E-state index contributed by atoms with van der Waals surface area (Å²) in [5.74, 6) is 0.264. The first-order chi connectivity index (χ1) is 16.4. The molecule has 2 atom stereocenters. The lowest BCUT2D eigenvalue weighted by Crippen LogP contribution is -2.56. The molecule has 3 N–H and O–H groups in total. The van der Waals surface area contributed by atoms with E-state index >= 15 is 0 Å². The van der Waals surface area contributed by atoms with Crippen LogP contribution in [0.2, 0.25) is 0 Å². The van der Waals surface area contributed by atoms with Crippen molar-refractivity contribution in [1.29, 1.82) is 0 Å². The molecule has 5 heteroatoms. The number of carbonyl (C=O) groups excluding carboxylic acids is 1. The topological polar surface area (TPSA) is 64.6 Å². The van der Waals surface area contributed by atoms with Crippen LogP contribution in [-0.4, -0.2) is 41.7 Å². The molecule has 1 aliphatic rings. The molecular formula is C29H35N3O2. The fraction of sp³-hybridized carbons (Fsp3) is 0.345. The number of hydrogen-bond donors (Lipinski definition) is 3. The van der Waals surface area contributed by atoms with Crippen LogP contribution in [0.1, 0.15) is 35.2 Å². The molecule has 0 aromatic heterocycles. The van der Waals surface area contributed by atoms with Gasteiger partial charge in [0, 0.05) is 38.1 Å². The minimum absolute atomic E-state index is 0.0756. The van der Waals surface area contributed by atoms with E-state index in [1.54, 1.807) is 0 Å². The van der Waals surface area contributed by atoms with E-state index in [1.807, 2.05) is 29.2 Å². The predicted molar refractivity (Wildman–Crippen MR) is 139 cm³/mol. The summed E-state index contributed by atoms with van der Waals surface area (Å²) >= 11 is 0. The molecule has 34 heavy (non-hydrogen) atoms. The number of aliphatic hydroxyl groups is 1. The molecule has 2 unspecified atom stereocenters. The van der Waals surface area contributed by atoms with Crippen molar-refractivity contribution in [3.05, 3.63) is 95.1 Å². The average molecular weight is 458 g/mol. The van der Waals surface area contributed by atoms with Crippen LogP contribution >= 0.6 is 0 Å². The monoisotopic (exact) mass is 457 g/mol. The molecule has 178 valence electrons. The van der Waals surface area contributed by atoms with Crippen molar-refractivity contribution in [1.82, 2.24) is 4.90 Å². The number of rotatable bonds is 9. The maximum absolute atomic E-state index is 13.4. The highest BCUT2D eigenvalue weighted by molar-refractivity contribution is 5.87. The van der Waals surface area contributed by atoms with E-state index in [-0.39, 0.29) is 30.5 Å². The highest BCUT2D eigenvalue weighted by Crippen LogP contribution is 2.28. The number of amides is 1. The van der Waals surface area contributed by atoms with Crippen LogP contribution in [0.3, 0.4) is 0 Å². The van der Waals surface area contributed by atoms with Crippen molar-refractivity contribution in [2.24, 2.45) is 5.92 Å². The maximum atomic E-state index is 13.4. The highest BCUT2D eigenvalue weighted by atomic mass is 16.3. The third-order valence-corrected chi connectivity index (χ3v) is 6.59. The smallest absolute Gasteiger partial charge is 0.245 e. The van der Waals surface area contributed by atoms with Crippen molar-refractivity contribution in [2.45, 2.75) is 39.3 Å². The number of likely N-dealkylation sites (tertiary alicyclic amines) is 1. The van der Waals surface area contributed by atoms with Gasteiger partial charge < -0.3 is 20.6 Å². The molecule has 0 spiro atoms. The summed E-state index contributed by atoms with van der Waals surface area (Å²) in [5.41, 5.74) is 6.65. The van der Waals surface area contributed by atoms with E-state index in [1.165, 1.54) is 16.7 Å². The second-order valence-corrected chi connectivity index (χ2v) is 9.50. The Labute approximate surface area is 202 Å². The summed E-state index contributed by atoms with van der Waals surface area (Å²) in [6.07, 6.45) is 0.598. The fourth-order valence-electron chi connectivity index (χ4n) is 4.34. The second kappa shape index (κ2) is 10.7. The van der Waals surface area contributed by atoms with E-state index < -0.39 is 0 Å². The Morgan fingerprint density at radius 3 is 2.06 bits per heavy atom. The van der Waals surface area contributed by atoms with Crippen LogP contribution in [0, 0.1) is 19.8 Å². The second-order valence-electron chi connectivity index (χ2n) is 9.50. The number of anilines is 2.